The van der Waals surface area contributed by atoms with E-state index in [4.69, 9.17) is 23.2 Å². The summed E-state index contributed by atoms with van der Waals surface area (Å²) in [6.45, 7) is 4.72. The molecule has 130 valence electrons. The Hall–Kier alpha value is -0.990. The highest BCUT2D eigenvalue weighted by Crippen LogP contribution is 2.41. The first-order valence-corrected chi connectivity index (χ1v) is 9.67. The number of benzene rings is 1. The van der Waals surface area contributed by atoms with E-state index in [-0.39, 0.29) is 5.41 Å². The Bertz CT molecular complexity index is 624. The third kappa shape index (κ3) is 3.50. The van der Waals surface area contributed by atoms with E-state index >= 15 is 0 Å². The number of hydrogen-bond acceptors (Lipinski definition) is 1. The molecule has 1 aliphatic heterocycles. The SMILES string of the molecule is C=CCC1(c2ccc(Cl)c(Cl)c2)CCC(=O)N(C2CCCCC2)C1. The summed E-state index contributed by atoms with van der Waals surface area (Å²) in [5, 5.41) is 1.16. The van der Waals surface area contributed by atoms with Crippen molar-refractivity contribution in [1.29, 1.82) is 0 Å². The summed E-state index contributed by atoms with van der Waals surface area (Å²) < 4.78 is 0. The Balaban J connectivity index is 1.92. The lowest BCUT2D eigenvalue weighted by atomic mass is 9.71. The van der Waals surface area contributed by atoms with Gasteiger partial charge in [0.1, 0.15) is 0 Å². The molecule has 1 amide bonds. The fourth-order valence-electron chi connectivity index (χ4n) is 4.33. The van der Waals surface area contributed by atoms with Crippen molar-refractivity contribution in [3.05, 3.63) is 46.5 Å². The quantitative estimate of drug-likeness (QED) is 0.620. The van der Waals surface area contributed by atoms with Crippen LogP contribution < -0.4 is 0 Å². The second-order valence-electron chi connectivity index (χ2n) is 7.22. The lowest BCUT2D eigenvalue weighted by molar-refractivity contribution is -0.139. The molecule has 1 atom stereocenters. The fourth-order valence-corrected chi connectivity index (χ4v) is 4.63. The zero-order valence-electron chi connectivity index (χ0n) is 14.1. The van der Waals surface area contributed by atoms with Crippen LogP contribution in [0.4, 0.5) is 0 Å². The number of carbonyl (C=O) groups is 1. The second-order valence-corrected chi connectivity index (χ2v) is 8.03. The van der Waals surface area contributed by atoms with Crippen molar-refractivity contribution in [2.45, 2.75) is 62.8 Å². The molecule has 0 aromatic heterocycles. The first-order chi connectivity index (χ1) is 11.6. The number of amides is 1. The molecular weight excluding hydrogens is 341 g/mol. The summed E-state index contributed by atoms with van der Waals surface area (Å²) in [6, 6.07) is 6.30. The van der Waals surface area contributed by atoms with Gasteiger partial charge in [-0.1, -0.05) is 54.6 Å². The molecule has 2 nitrogen and oxygen atoms in total. The number of carbonyl (C=O) groups excluding carboxylic acids is 1. The van der Waals surface area contributed by atoms with E-state index in [0.29, 0.717) is 28.4 Å². The summed E-state index contributed by atoms with van der Waals surface area (Å²) in [4.78, 5) is 14.7. The van der Waals surface area contributed by atoms with Crippen molar-refractivity contribution in [3.63, 3.8) is 0 Å². The van der Waals surface area contributed by atoms with Gasteiger partial charge in [-0.3, -0.25) is 4.79 Å². The van der Waals surface area contributed by atoms with E-state index in [9.17, 15) is 4.79 Å². The van der Waals surface area contributed by atoms with Crippen LogP contribution in [0.3, 0.4) is 0 Å². The Kier molecular flexibility index (Phi) is 5.56. The van der Waals surface area contributed by atoms with Crippen molar-refractivity contribution in [2.75, 3.05) is 6.54 Å². The zero-order chi connectivity index (χ0) is 17.2. The van der Waals surface area contributed by atoms with Gasteiger partial charge in [0.2, 0.25) is 5.91 Å². The van der Waals surface area contributed by atoms with Gasteiger partial charge in [0, 0.05) is 24.4 Å². The number of piperidine rings is 1. The van der Waals surface area contributed by atoms with Gasteiger partial charge < -0.3 is 4.90 Å². The van der Waals surface area contributed by atoms with E-state index in [1.165, 1.54) is 24.8 Å². The molecule has 0 radical (unpaired) electrons. The molecule has 1 aromatic carbocycles. The van der Waals surface area contributed by atoms with Gasteiger partial charge in [0.05, 0.1) is 10.0 Å². The van der Waals surface area contributed by atoms with Crippen LogP contribution in [-0.2, 0) is 10.2 Å². The summed E-state index contributed by atoms with van der Waals surface area (Å²) in [6.07, 6.45) is 10.3. The average Bonchev–Trinajstić information content (AvgIpc) is 2.60. The molecule has 1 saturated heterocycles. The highest BCUT2D eigenvalue weighted by atomic mass is 35.5. The Labute approximate surface area is 154 Å². The van der Waals surface area contributed by atoms with Crippen molar-refractivity contribution >= 4 is 29.1 Å². The summed E-state index contributed by atoms with van der Waals surface area (Å²) in [5.74, 6) is 0.307. The number of likely N-dealkylation sites (tertiary alicyclic amines) is 1. The monoisotopic (exact) mass is 365 g/mol. The molecule has 4 heteroatoms. The van der Waals surface area contributed by atoms with E-state index in [1.54, 1.807) is 0 Å². The van der Waals surface area contributed by atoms with Crippen LogP contribution in [0.1, 0.15) is 56.9 Å². The van der Waals surface area contributed by atoms with Gasteiger partial charge in [-0.05, 0) is 43.4 Å². The number of nitrogens with zero attached hydrogens (tertiary/aromatic N) is 1. The Morgan fingerprint density at radius 1 is 1.21 bits per heavy atom. The molecule has 3 rings (SSSR count). The molecule has 1 aromatic rings. The summed E-state index contributed by atoms with van der Waals surface area (Å²) in [7, 11) is 0. The topological polar surface area (TPSA) is 20.3 Å². The zero-order valence-corrected chi connectivity index (χ0v) is 15.6. The van der Waals surface area contributed by atoms with Crippen LogP contribution in [0.5, 0.6) is 0 Å². The van der Waals surface area contributed by atoms with Gasteiger partial charge >= 0.3 is 0 Å². The predicted molar refractivity (Wildman–Crippen MR) is 101 cm³/mol. The third-order valence-electron chi connectivity index (χ3n) is 5.69. The molecule has 1 aliphatic carbocycles. The van der Waals surface area contributed by atoms with Gasteiger partial charge in [-0.15, -0.1) is 6.58 Å². The van der Waals surface area contributed by atoms with Crippen LogP contribution in [0.2, 0.25) is 10.0 Å². The standard InChI is InChI=1S/C20H25Cl2NO/c1-2-11-20(15-8-9-17(21)18(22)13-15)12-10-19(24)23(14-20)16-6-4-3-5-7-16/h2,8-9,13,16H,1,3-7,10-12,14H2. The minimum absolute atomic E-state index is 0.0959. The maximum absolute atomic E-state index is 12.6. The summed E-state index contributed by atoms with van der Waals surface area (Å²) in [5.41, 5.74) is 1.08. The highest BCUT2D eigenvalue weighted by molar-refractivity contribution is 6.42. The molecule has 1 unspecified atom stereocenters. The largest absolute Gasteiger partial charge is 0.339 e. The maximum atomic E-state index is 12.6. The minimum Gasteiger partial charge on any atom is -0.339 e. The number of hydrogen-bond donors (Lipinski definition) is 0. The highest BCUT2D eigenvalue weighted by Gasteiger charge is 2.41. The number of rotatable bonds is 4. The molecule has 24 heavy (non-hydrogen) atoms. The molecule has 1 saturated carbocycles. The molecule has 0 N–H and O–H groups in total. The third-order valence-corrected chi connectivity index (χ3v) is 6.43. The van der Waals surface area contributed by atoms with Crippen LogP contribution in [-0.4, -0.2) is 23.4 Å². The lowest BCUT2D eigenvalue weighted by Crippen LogP contribution is -2.53. The van der Waals surface area contributed by atoms with Crippen molar-refractivity contribution in [1.82, 2.24) is 4.90 Å². The molecule has 2 fully saturated rings. The van der Waals surface area contributed by atoms with E-state index in [1.807, 2.05) is 18.2 Å². The molecule has 2 aliphatic rings. The van der Waals surface area contributed by atoms with Crippen molar-refractivity contribution in [2.24, 2.45) is 0 Å². The van der Waals surface area contributed by atoms with E-state index in [2.05, 4.69) is 17.5 Å². The van der Waals surface area contributed by atoms with Crippen molar-refractivity contribution < 1.29 is 4.79 Å². The normalized spacial score (nSPS) is 25.8. The molecule has 0 spiro atoms. The minimum atomic E-state index is -0.0959. The lowest BCUT2D eigenvalue weighted by Gasteiger charge is -2.46. The Morgan fingerprint density at radius 2 is 1.96 bits per heavy atom. The molecular formula is C20H25Cl2NO. The van der Waals surface area contributed by atoms with Crippen LogP contribution in [0.15, 0.2) is 30.9 Å². The maximum Gasteiger partial charge on any atom is 0.222 e. The smallest absolute Gasteiger partial charge is 0.222 e. The molecule has 1 heterocycles. The van der Waals surface area contributed by atoms with Gasteiger partial charge in [-0.2, -0.15) is 0 Å². The predicted octanol–water partition coefficient (Wildman–Crippen LogP) is 5.76. The van der Waals surface area contributed by atoms with Gasteiger partial charge in [0.25, 0.3) is 0 Å². The van der Waals surface area contributed by atoms with Gasteiger partial charge in [0.15, 0.2) is 0 Å². The molecule has 0 bridgehead atoms. The second kappa shape index (κ2) is 7.49. The van der Waals surface area contributed by atoms with Crippen molar-refractivity contribution in [3.8, 4) is 0 Å². The van der Waals surface area contributed by atoms with E-state index < -0.39 is 0 Å². The van der Waals surface area contributed by atoms with Crippen LogP contribution >= 0.6 is 23.2 Å². The van der Waals surface area contributed by atoms with Crippen LogP contribution in [0.25, 0.3) is 0 Å². The Morgan fingerprint density at radius 3 is 2.62 bits per heavy atom. The van der Waals surface area contributed by atoms with E-state index in [0.717, 1.165) is 32.2 Å². The first-order valence-electron chi connectivity index (χ1n) is 8.92. The number of allylic oxidation sites excluding steroid dienone is 1. The van der Waals surface area contributed by atoms with Crippen LogP contribution in [0, 0.1) is 0 Å². The summed E-state index contributed by atoms with van der Waals surface area (Å²) >= 11 is 12.4. The number of halogens is 2. The first kappa shape index (κ1) is 17.8. The average molecular weight is 366 g/mol. The van der Waals surface area contributed by atoms with Gasteiger partial charge in [-0.25, -0.2) is 0 Å². The fraction of sp³-hybridized carbons (Fsp3) is 0.550.